The molecule has 0 radical (unpaired) electrons. The Morgan fingerprint density at radius 1 is 0.805 bits per heavy atom. The SMILES string of the molecule is CCCOc1ccc(-c2nc3s/c(=C\c4cn(-c5ccccc5)nc4-c4ccc(OCCC)cc4)c(=O)n3n2)cc1. The third kappa shape index (κ3) is 5.62. The van der Waals surface area contributed by atoms with Gasteiger partial charge < -0.3 is 9.47 Å². The van der Waals surface area contributed by atoms with Crippen LogP contribution in [0.15, 0.2) is 89.9 Å². The fourth-order valence-electron chi connectivity index (χ4n) is 4.38. The fourth-order valence-corrected chi connectivity index (χ4v) is 5.28. The van der Waals surface area contributed by atoms with Crippen molar-refractivity contribution in [1.29, 1.82) is 0 Å². The third-order valence-electron chi connectivity index (χ3n) is 6.42. The zero-order valence-electron chi connectivity index (χ0n) is 22.9. The molecule has 0 aliphatic rings. The van der Waals surface area contributed by atoms with E-state index in [0.29, 0.717) is 28.5 Å². The van der Waals surface area contributed by atoms with Gasteiger partial charge in [0.2, 0.25) is 4.96 Å². The molecule has 6 rings (SSSR count). The lowest BCUT2D eigenvalue weighted by Crippen LogP contribution is -2.23. The van der Waals surface area contributed by atoms with Gasteiger partial charge in [-0.3, -0.25) is 4.79 Å². The Labute approximate surface area is 241 Å². The number of nitrogens with zero attached hydrogens (tertiary/aromatic N) is 5. The number of fused-ring (bicyclic) bond motifs is 1. The predicted octanol–water partition coefficient (Wildman–Crippen LogP) is 5.80. The molecule has 206 valence electrons. The van der Waals surface area contributed by atoms with Gasteiger partial charge >= 0.3 is 0 Å². The van der Waals surface area contributed by atoms with Crippen LogP contribution in [-0.4, -0.2) is 37.6 Å². The summed E-state index contributed by atoms with van der Waals surface area (Å²) < 4.78 is 15.1. The first-order chi connectivity index (χ1) is 20.1. The first kappa shape index (κ1) is 26.5. The summed E-state index contributed by atoms with van der Waals surface area (Å²) in [7, 11) is 0. The Balaban J connectivity index is 1.37. The van der Waals surface area contributed by atoms with Crippen LogP contribution in [0, 0.1) is 0 Å². The van der Waals surface area contributed by atoms with Crippen LogP contribution in [0.3, 0.4) is 0 Å². The monoisotopic (exact) mass is 563 g/mol. The zero-order valence-corrected chi connectivity index (χ0v) is 23.7. The highest BCUT2D eigenvalue weighted by atomic mass is 32.1. The molecule has 8 nitrogen and oxygen atoms in total. The highest BCUT2D eigenvalue weighted by Crippen LogP contribution is 2.27. The first-order valence-corrected chi connectivity index (χ1v) is 14.5. The average molecular weight is 564 g/mol. The maximum atomic E-state index is 13.4. The van der Waals surface area contributed by atoms with Gasteiger partial charge in [-0.05, 0) is 79.6 Å². The van der Waals surface area contributed by atoms with E-state index in [4.69, 9.17) is 14.6 Å². The van der Waals surface area contributed by atoms with Crippen molar-refractivity contribution in [3.05, 3.63) is 106 Å². The molecule has 0 spiro atoms. The van der Waals surface area contributed by atoms with Crippen molar-refractivity contribution in [2.75, 3.05) is 13.2 Å². The second kappa shape index (κ2) is 11.8. The Bertz CT molecular complexity index is 1870. The van der Waals surface area contributed by atoms with Crippen molar-refractivity contribution in [1.82, 2.24) is 24.4 Å². The standard InChI is InChI=1S/C32H29N5O3S/c1-3-18-39-26-14-10-22(11-15-26)29-24(21-36(34-29)25-8-6-5-7-9-25)20-28-31(38)37-32(41-28)33-30(35-37)23-12-16-27(17-13-23)40-19-4-2/h5-17,20-21H,3-4,18-19H2,1-2H3/b28-20-. The summed E-state index contributed by atoms with van der Waals surface area (Å²) in [6.45, 7) is 5.49. The van der Waals surface area contributed by atoms with Crippen molar-refractivity contribution in [2.45, 2.75) is 26.7 Å². The van der Waals surface area contributed by atoms with Gasteiger partial charge in [-0.25, -0.2) is 4.68 Å². The number of benzene rings is 3. The molecular formula is C32H29N5O3S. The largest absolute Gasteiger partial charge is 0.494 e. The molecule has 0 bridgehead atoms. The fraction of sp³-hybridized carbons (Fsp3) is 0.188. The Kier molecular flexibility index (Phi) is 7.60. The van der Waals surface area contributed by atoms with E-state index < -0.39 is 0 Å². The molecule has 0 saturated heterocycles. The lowest BCUT2D eigenvalue weighted by molar-refractivity contribution is 0.317. The summed E-state index contributed by atoms with van der Waals surface area (Å²) in [6, 6.07) is 25.4. The second-order valence-electron chi connectivity index (χ2n) is 9.50. The number of para-hydroxylation sites is 1. The van der Waals surface area contributed by atoms with Gasteiger partial charge in [-0.1, -0.05) is 43.4 Å². The van der Waals surface area contributed by atoms with Gasteiger partial charge in [0.25, 0.3) is 5.56 Å². The number of thiazole rings is 1. The maximum Gasteiger partial charge on any atom is 0.291 e. The topological polar surface area (TPSA) is 83.5 Å². The van der Waals surface area contributed by atoms with E-state index in [0.717, 1.165) is 52.4 Å². The van der Waals surface area contributed by atoms with Crippen LogP contribution in [0.5, 0.6) is 11.5 Å². The van der Waals surface area contributed by atoms with Crippen LogP contribution >= 0.6 is 11.3 Å². The van der Waals surface area contributed by atoms with Crippen molar-refractivity contribution in [3.63, 3.8) is 0 Å². The van der Waals surface area contributed by atoms with Gasteiger partial charge in [0.1, 0.15) is 17.2 Å². The zero-order chi connectivity index (χ0) is 28.2. The minimum Gasteiger partial charge on any atom is -0.494 e. The van der Waals surface area contributed by atoms with Crippen molar-refractivity contribution in [3.8, 4) is 39.8 Å². The van der Waals surface area contributed by atoms with Crippen LogP contribution in [-0.2, 0) is 0 Å². The van der Waals surface area contributed by atoms with Gasteiger partial charge in [-0.15, -0.1) is 5.10 Å². The summed E-state index contributed by atoms with van der Waals surface area (Å²) in [5.41, 5.74) is 4.05. The molecule has 0 N–H and O–H groups in total. The molecule has 3 aromatic carbocycles. The van der Waals surface area contributed by atoms with Crippen molar-refractivity contribution < 1.29 is 9.47 Å². The predicted molar refractivity (Wildman–Crippen MR) is 162 cm³/mol. The molecule has 9 heteroatoms. The van der Waals surface area contributed by atoms with Crippen LogP contribution in [0.2, 0.25) is 0 Å². The molecule has 3 aromatic heterocycles. The summed E-state index contributed by atoms with van der Waals surface area (Å²) in [5.74, 6) is 2.12. The third-order valence-corrected chi connectivity index (χ3v) is 7.38. The van der Waals surface area contributed by atoms with Gasteiger partial charge in [0.15, 0.2) is 5.82 Å². The molecule has 0 aliphatic heterocycles. The van der Waals surface area contributed by atoms with Crippen LogP contribution in [0.1, 0.15) is 32.3 Å². The van der Waals surface area contributed by atoms with E-state index in [1.807, 2.05) is 95.8 Å². The molecule has 0 fully saturated rings. The molecule has 6 aromatic rings. The molecule has 0 amide bonds. The van der Waals surface area contributed by atoms with Crippen LogP contribution < -0.4 is 19.6 Å². The molecular weight excluding hydrogens is 534 g/mol. The smallest absolute Gasteiger partial charge is 0.291 e. The highest BCUT2D eigenvalue weighted by Gasteiger charge is 2.15. The normalized spacial score (nSPS) is 11.8. The van der Waals surface area contributed by atoms with Gasteiger partial charge in [0, 0.05) is 22.9 Å². The van der Waals surface area contributed by atoms with Crippen LogP contribution in [0.4, 0.5) is 0 Å². The Morgan fingerprint density at radius 3 is 2.05 bits per heavy atom. The molecule has 0 aliphatic carbocycles. The Morgan fingerprint density at radius 2 is 1.44 bits per heavy atom. The minimum atomic E-state index is -0.214. The number of hydrogen-bond donors (Lipinski definition) is 0. The number of rotatable bonds is 10. The number of aromatic nitrogens is 5. The molecule has 3 heterocycles. The van der Waals surface area contributed by atoms with E-state index in [1.54, 1.807) is 0 Å². The van der Waals surface area contributed by atoms with E-state index in [-0.39, 0.29) is 5.56 Å². The summed E-state index contributed by atoms with van der Waals surface area (Å²) in [5, 5.41) is 9.40. The lowest BCUT2D eigenvalue weighted by atomic mass is 10.1. The highest BCUT2D eigenvalue weighted by molar-refractivity contribution is 7.15. The average Bonchev–Trinajstić information content (AvgIpc) is 3.71. The van der Waals surface area contributed by atoms with E-state index in [9.17, 15) is 4.79 Å². The summed E-state index contributed by atoms with van der Waals surface area (Å²) in [4.78, 5) is 18.6. The molecule has 0 atom stereocenters. The molecule has 41 heavy (non-hydrogen) atoms. The summed E-state index contributed by atoms with van der Waals surface area (Å²) >= 11 is 1.31. The summed E-state index contributed by atoms with van der Waals surface area (Å²) in [6.07, 6.45) is 5.70. The quantitative estimate of drug-likeness (QED) is 0.210. The Hall–Kier alpha value is -4.76. The number of hydrogen-bond acceptors (Lipinski definition) is 7. The van der Waals surface area contributed by atoms with Crippen LogP contribution in [0.25, 0.3) is 39.4 Å². The molecule has 0 unspecified atom stereocenters. The minimum absolute atomic E-state index is 0.214. The van der Waals surface area contributed by atoms with Gasteiger partial charge in [0.05, 0.1) is 23.4 Å². The van der Waals surface area contributed by atoms with E-state index >= 15 is 0 Å². The van der Waals surface area contributed by atoms with Crippen molar-refractivity contribution >= 4 is 22.4 Å². The van der Waals surface area contributed by atoms with Crippen molar-refractivity contribution in [2.24, 2.45) is 0 Å². The van der Waals surface area contributed by atoms with Gasteiger partial charge in [-0.2, -0.15) is 14.6 Å². The first-order valence-electron chi connectivity index (χ1n) is 13.7. The maximum absolute atomic E-state index is 13.4. The second-order valence-corrected chi connectivity index (χ2v) is 10.5. The lowest BCUT2D eigenvalue weighted by Gasteiger charge is -2.05. The van der Waals surface area contributed by atoms with E-state index in [1.165, 1.54) is 15.9 Å². The van der Waals surface area contributed by atoms with E-state index in [2.05, 4.69) is 23.9 Å². The number of ether oxygens (including phenoxy) is 2. The molecule has 0 saturated carbocycles.